The topological polar surface area (TPSA) is 73.9 Å². The zero-order valence-electron chi connectivity index (χ0n) is 21.3. The highest BCUT2D eigenvalue weighted by atomic mass is 32.2. The van der Waals surface area contributed by atoms with Crippen molar-refractivity contribution < 1.29 is 96.3 Å². The molecule has 0 aromatic rings. The summed E-state index contributed by atoms with van der Waals surface area (Å²) < 4.78 is 270. The van der Waals surface area contributed by atoms with Crippen LogP contribution >= 0.6 is 0 Å². The van der Waals surface area contributed by atoms with Crippen molar-refractivity contribution in [2.75, 3.05) is 19.8 Å². The van der Waals surface area contributed by atoms with E-state index >= 15 is 0 Å². The van der Waals surface area contributed by atoms with Crippen LogP contribution in [0.3, 0.4) is 0 Å². The van der Waals surface area contributed by atoms with Crippen molar-refractivity contribution in [3.63, 3.8) is 0 Å². The van der Waals surface area contributed by atoms with Crippen LogP contribution in [0.5, 0.6) is 0 Å². The quantitative estimate of drug-likeness (QED) is 0.144. The second-order valence-electron chi connectivity index (χ2n) is 7.95. The van der Waals surface area contributed by atoms with E-state index in [1.165, 1.54) is 20.8 Å². The van der Waals surface area contributed by atoms with E-state index in [2.05, 4.69) is 0 Å². The van der Waals surface area contributed by atoms with Gasteiger partial charge in [0.2, 0.25) is 0 Å². The van der Waals surface area contributed by atoms with Crippen molar-refractivity contribution in [2.24, 2.45) is 0 Å². The molecule has 1 unspecified atom stereocenters. The Kier molecular flexibility index (Phi) is 12.0. The molecule has 1 atom stereocenters. The highest BCUT2D eigenvalue weighted by Crippen LogP contribution is 2.64. The molecule has 0 saturated heterocycles. The van der Waals surface area contributed by atoms with E-state index < -0.39 is 97.7 Å². The Labute approximate surface area is 227 Å². The number of rotatable bonds is 17. The van der Waals surface area contributed by atoms with E-state index in [4.69, 9.17) is 13.3 Å². The molecule has 0 fully saturated rings. The van der Waals surface area contributed by atoms with Gasteiger partial charge in [-0.15, -0.1) is 0 Å². The van der Waals surface area contributed by atoms with Gasteiger partial charge in [-0.05, 0) is 27.2 Å². The maximum atomic E-state index is 14.5. The molecular formula is C17H22F17NO5SSi. The summed E-state index contributed by atoms with van der Waals surface area (Å²) in [4.78, 5) is 0. The zero-order chi connectivity index (χ0) is 34.2. The smallest absolute Gasteiger partial charge is 0.373 e. The molecule has 0 aliphatic rings. The summed E-state index contributed by atoms with van der Waals surface area (Å²) in [5.41, 5.74) is -2.32. The molecule has 0 saturated carbocycles. The van der Waals surface area contributed by atoms with Gasteiger partial charge in [-0.2, -0.15) is 74.6 Å². The van der Waals surface area contributed by atoms with Crippen molar-refractivity contribution in [3.05, 3.63) is 0 Å². The lowest BCUT2D eigenvalue weighted by molar-refractivity contribution is -0.458. The molecule has 6 nitrogen and oxygen atoms in total. The maximum absolute atomic E-state index is 14.5. The second kappa shape index (κ2) is 12.3. The number of nitrogens with one attached hydrogen (secondary N) is 1. The van der Waals surface area contributed by atoms with E-state index in [0.29, 0.717) is 4.72 Å². The molecule has 25 heteroatoms. The third-order valence-corrected chi connectivity index (χ3v) is 10.4. The lowest BCUT2D eigenvalue weighted by Crippen LogP contribution is -2.75. The summed E-state index contributed by atoms with van der Waals surface area (Å²) in [6.07, 6.45) is -8.73. The summed E-state index contributed by atoms with van der Waals surface area (Å²) in [6, 6.07) is 0. The first-order valence-electron chi connectivity index (χ1n) is 11.0. The summed E-state index contributed by atoms with van der Waals surface area (Å²) in [6.45, 7) is 3.07. The highest BCUT2D eigenvalue weighted by molar-refractivity contribution is 7.90. The van der Waals surface area contributed by atoms with Crippen molar-refractivity contribution in [1.29, 1.82) is 0 Å². The Morgan fingerprint density at radius 3 is 1.10 bits per heavy atom. The average Bonchev–Trinajstić information content (AvgIpc) is 2.81. The molecule has 0 aromatic carbocycles. The molecule has 0 bridgehead atoms. The zero-order valence-corrected chi connectivity index (χ0v) is 23.1. The number of sulfonamides is 1. The molecule has 0 amide bonds. The lowest BCUT2D eigenvalue weighted by Gasteiger charge is -2.42. The van der Waals surface area contributed by atoms with E-state index in [1.54, 1.807) is 0 Å². The first-order chi connectivity index (χ1) is 18.3. The number of halogens is 17. The first kappa shape index (κ1) is 40.8. The van der Waals surface area contributed by atoms with Crippen LogP contribution in [0.25, 0.3) is 0 Å². The van der Waals surface area contributed by atoms with Crippen molar-refractivity contribution in [1.82, 2.24) is 4.72 Å². The second-order valence-corrected chi connectivity index (χ2v) is 12.5. The fourth-order valence-electron chi connectivity index (χ4n) is 3.02. The molecule has 1 N–H and O–H groups in total. The lowest BCUT2D eigenvalue weighted by atomic mass is 9.91. The predicted molar refractivity (Wildman–Crippen MR) is 107 cm³/mol. The molecule has 254 valence electrons. The average molecular weight is 703 g/mol. The molecule has 42 heavy (non-hydrogen) atoms. The molecule has 0 aliphatic heterocycles. The molecular weight excluding hydrogens is 681 g/mol. The molecule has 0 aliphatic carbocycles. The van der Waals surface area contributed by atoms with Crippen LogP contribution in [0.1, 0.15) is 34.1 Å². The van der Waals surface area contributed by atoms with E-state index in [1.807, 2.05) is 0 Å². The van der Waals surface area contributed by atoms with Gasteiger partial charge in [0.15, 0.2) is 0 Å². The summed E-state index contributed by atoms with van der Waals surface area (Å²) in [5, 5.41) is -7.71. The number of alkyl halides is 17. The van der Waals surface area contributed by atoms with E-state index in [0.717, 1.165) is 6.92 Å². The third kappa shape index (κ3) is 6.05. The molecule has 0 spiro atoms. The molecule has 0 radical (unpaired) electrons. The van der Waals surface area contributed by atoms with Crippen LogP contribution in [0.15, 0.2) is 0 Å². The Morgan fingerprint density at radius 2 is 0.833 bits per heavy atom. The monoisotopic (exact) mass is 703 g/mol. The summed E-state index contributed by atoms with van der Waals surface area (Å²) in [5.74, 6) is -52.0. The minimum absolute atomic E-state index is 0.465. The van der Waals surface area contributed by atoms with Crippen LogP contribution in [-0.2, 0) is 23.3 Å². The summed E-state index contributed by atoms with van der Waals surface area (Å²) in [7, 11) is -12.2. The van der Waals surface area contributed by atoms with Gasteiger partial charge in [-0.25, -0.2) is 13.1 Å². The fourth-order valence-corrected chi connectivity index (χ4v) is 7.77. The standard InChI is InChI=1S/C17H22F17NO5SSi/c1-5-9(42(38-6-2,39-7-3)40-8-4)35-41(36,37)17(33,34)15(28,29)13(24,25)11(20,21)10(18,19)12(22,23)14(26,27)16(30,31)32/h9,35H,5-8H2,1-4H3. The van der Waals surface area contributed by atoms with Crippen molar-refractivity contribution >= 4 is 18.8 Å². The molecule has 0 heterocycles. The molecule has 0 aromatic heterocycles. The van der Waals surface area contributed by atoms with Crippen molar-refractivity contribution in [3.8, 4) is 0 Å². The van der Waals surface area contributed by atoms with Gasteiger partial charge in [0.25, 0.3) is 10.0 Å². The van der Waals surface area contributed by atoms with Crippen LogP contribution in [0.4, 0.5) is 74.6 Å². The Balaban J connectivity index is 7.08. The molecule has 0 rings (SSSR count). The van der Waals surface area contributed by atoms with Gasteiger partial charge in [-0.3, -0.25) is 0 Å². The Hall–Kier alpha value is -1.18. The fraction of sp³-hybridized carbons (Fsp3) is 1.00. The van der Waals surface area contributed by atoms with Gasteiger partial charge in [0.05, 0.1) is 5.67 Å². The SMILES string of the molecule is CCO[Si](OCC)(OCC)C(CC)NS(=O)(=O)C(F)(F)C(F)(F)C(F)(F)C(F)(F)C(F)(F)C(F)(F)C(F)(F)C(F)(F)F. The maximum Gasteiger partial charge on any atom is 0.519 e. The minimum Gasteiger partial charge on any atom is -0.373 e. The third-order valence-electron chi connectivity index (χ3n) is 5.20. The number of hydrogen-bond donors (Lipinski definition) is 1. The van der Waals surface area contributed by atoms with Crippen LogP contribution in [0, 0.1) is 0 Å². The van der Waals surface area contributed by atoms with Crippen LogP contribution in [0.2, 0.25) is 0 Å². The van der Waals surface area contributed by atoms with Gasteiger partial charge < -0.3 is 13.3 Å². The Morgan fingerprint density at radius 1 is 0.548 bits per heavy atom. The van der Waals surface area contributed by atoms with Gasteiger partial charge in [0.1, 0.15) is 0 Å². The predicted octanol–water partition coefficient (Wildman–Crippen LogP) is 6.24. The first-order valence-corrected chi connectivity index (χ1v) is 14.3. The van der Waals surface area contributed by atoms with E-state index in [9.17, 15) is 83.1 Å². The van der Waals surface area contributed by atoms with Gasteiger partial charge in [-0.1, -0.05) is 6.92 Å². The van der Waals surface area contributed by atoms with Gasteiger partial charge in [0, 0.05) is 19.8 Å². The highest BCUT2D eigenvalue weighted by Gasteiger charge is 2.96. The summed E-state index contributed by atoms with van der Waals surface area (Å²) >= 11 is 0. The van der Waals surface area contributed by atoms with Gasteiger partial charge >= 0.3 is 55.8 Å². The van der Waals surface area contributed by atoms with Crippen LogP contribution < -0.4 is 4.72 Å². The Bertz CT molecular complexity index is 1000. The normalized spacial score (nSPS) is 16.6. The van der Waals surface area contributed by atoms with E-state index in [-0.39, 0.29) is 0 Å². The minimum atomic E-state index is -8.91. The number of hydrogen-bond acceptors (Lipinski definition) is 5. The van der Waals surface area contributed by atoms with Crippen LogP contribution in [-0.4, -0.2) is 89.7 Å². The van der Waals surface area contributed by atoms with Crippen molar-refractivity contribution in [2.45, 2.75) is 86.7 Å². The largest absolute Gasteiger partial charge is 0.519 e.